The van der Waals surface area contributed by atoms with Gasteiger partial charge in [0.1, 0.15) is 5.75 Å². The molecule has 100 valence electrons. The number of phenolic OH excluding ortho intramolecular Hbond substituents is 1. The van der Waals surface area contributed by atoms with Crippen molar-refractivity contribution in [1.29, 1.82) is 0 Å². The van der Waals surface area contributed by atoms with E-state index in [-0.39, 0.29) is 11.7 Å². The van der Waals surface area contributed by atoms with Crippen molar-refractivity contribution in [3.05, 3.63) is 46.8 Å². The van der Waals surface area contributed by atoms with Crippen molar-refractivity contribution in [2.24, 2.45) is 7.05 Å². The maximum atomic E-state index is 12.0. The molecule has 0 saturated carbocycles. The molecule has 1 aromatic heterocycles. The van der Waals surface area contributed by atoms with E-state index in [2.05, 4.69) is 10.4 Å². The van der Waals surface area contributed by atoms with Crippen LogP contribution in [0.5, 0.6) is 5.75 Å². The zero-order valence-corrected chi connectivity index (χ0v) is 11.3. The van der Waals surface area contributed by atoms with E-state index in [0.29, 0.717) is 12.1 Å². The predicted molar refractivity (Wildman–Crippen MR) is 72.0 cm³/mol. The predicted octanol–water partition coefficient (Wildman–Crippen LogP) is 1.67. The molecule has 5 nitrogen and oxygen atoms in total. The molecule has 0 aliphatic carbocycles. The number of hydrogen-bond donors (Lipinski definition) is 2. The molecule has 2 N–H and O–H groups in total. The lowest BCUT2D eigenvalue weighted by Crippen LogP contribution is -2.23. The highest BCUT2D eigenvalue weighted by atomic mass is 16.3. The zero-order chi connectivity index (χ0) is 14.0. The number of carbonyl (C=O) groups excluding carboxylic acids is 1. The molecule has 0 atom stereocenters. The molecule has 2 rings (SSSR count). The van der Waals surface area contributed by atoms with E-state index >= 15 is 0 Å². The van der Waals surface area contributed by atoms with Crippen LogP contribution in [0.3, 0.4) is 0 Å². The van der Waals surface area contributed by atoms with Gasteiger partial charge < -0.3 is 10.4 Å². The summed E-state index contributed by atoms with van der Waals surface area (Å²) in [6, 6.07) is 4.71. The van der Waals surface area contributed by atoms with Crippen LogP contribution in [-0.2, 0) is 13.6 Å². The van der Waals surface area contributed by atoms with Gasteiger partial charge in [0.25, 0.3) is 5.91 Å². The van der Waals surface area contributed by atoms with Gasteiger partial charge in [0.15, 0.2) is 0 Å². The van der Waals surface area contributed by atoms with Crippen LogP contribution in [0.2, 0.25) is 0 Å². The molecule has 2 aromatic rings. The Morgan fingerprint density at radius 2 is 2.16 bits per heavy atom. The highest BCUT2D eigenvalue weighted by molar-refractivity contribution is 5.95. The van der Waals surface area contributed by atoms with E-state index in [1.807, 2.05) is 20.2 Å². The molecular formula is C14H17N3O2. The molecule has 0 aliphatic heterocycles. The maximum absolute atomic E-state index is 12.0. The molecule has 1 aromatic carbocycles. The van der Waals surface area contributed by atoms with Gasteiger partial charge in [-0.05, 0) is 37.6 Å². The normalized spacial score (nSPS) is 10.5. The number of aromatic hydroxyl groups is 1. The topological polar surface area (TPSA) is 67.2 Å². The Morgan fingerprint density at radius 3 is 2.74 bits per heavy atom. The van der Waals surface area contributed by atoms with Crippen molar-refractivity contribution in [2.75, 3.05) is 0 Å². The fourth-order valence-electron chi connectivity index (χ4n) is 2.00. The quantitative estimate of drug-likeness (QED) is 0.881. The first-order valence-electron chi connectivity index (χ1n) is 6.04. The van der Waals surface area contributed by atoms with Crippen LogP contribution in [0.4, 0.5) is 0 Å². The number of benzene rings is 1. The van der Waals surface area contributed by atoms with Crippen molar-refractivity contribution < 1.29 is 9.90 Å². The number of aromatic nitrogens is 2. The first-order chi connectivity index (χ1) is 8.97. The van der Waals surface area contributed by atoms with Crippen LogP contribution >= 0.6 is 0 Å². The molecular weight excluding hydrogens is 242 g/mol. The molecule has 0 unspecified atom stereocenters. The van der Waals surface area contributed by atoms with Crippen LogP contribution in [0.1, 0.15) is 27.2 Å². The summed E-state index contributed by atoms with van der Waals surface area (Å²) in [5, 5.41) is 16.4. The number of hydrogen-bond acceptors (Lipinski definition) is 3. The Bertz CT molecular complexity index is 617. The van der Waals surface area contributed by atoms with Crippen LogP contribution in [0.15, 0.2) is 24.4 Å². The lowest BCUT2D eigenvalue weighted by atomic mass is 10.1. The number of amides is 1. The summed E-state index contributed by atoms with van der Waals surface area (Å²) in [7, 11) is 1.85. The molecule has 0 bridgehead atoms. The van der Waals surface area contributed by atoms with Crippen LogP contribution in [0, 0.1) is 13.8 Å². The molecule has 0 spiro atoms. The first kappa shape index (κ1) is 13.1. The lowest BCUT2D eigenvalue weighted by molar-refractivity contribution is 0.0950. The van der Waals surface area contributed by atoms with Gasteiger partial charge in [-0.3, -0.25) is 9.48 Å². The Hall–Kier alpha value is -2.30. The average Bonchev–Trinajstić information content (AvgIpc) is 2.65. The standard InChI is InChI=1S/C14H17N3O2/c1-9-6-12(18)4-5-13(9)14(19)15-7-11-8-17(3)16-10(11)2/h4-6,8,18H,7H2,1-3H3,(H,15,19). The Balaban J connectivity index is 2.07. The zero-order valence-electron chi connectivity index (χ0n) is 11.3. The Kier molecular flexibility index (Phi) is 3.55. The minimum absolute atomic E-state index is 0.152. The van der Waals surface area contributed by atoms with Crippen LogP contribution < -0.4 is 5.32 Å². The van der Waals surface area contributed by atoms with Crippen molar-refractivity contribution in [3.63, 3.8) is 0 Å². The van der Waals surface area contributed by atoms with Gasteiger partial charge in [-0.1, -0.05) is 0 Å². The summed E-state index contributed by atoms with van der Waals surface area (Å²) >= 11 is 0. The molecule has 0 saturated heterocycles. The van der Waals surface area contributed by atoms with Crippen molar-refractivity contribution in [2.45, 2.75) is 20.4 Å². The van der Waals surface area contributed by atoms with E-state index in [1.54, 1.807) is 23.7 Å². The maximum Gasteiger partial charge on any atom is 0.251 e. The SMILES string of the molecule is Cc1cc(O)ccc1C(=O)NCc1cn(C)nc1C. The second-order valence-corrected chi connectivity index (χ2v) is 4.60. The largest absolute Gasteiger partial charge is 0.508 e. The van der Waals surface area contributed by atoms with Gasteiger partial charge in [-0.25, -0.2) is 0 Å². The molecule has 0 aliphatic rings. The minimum Gasteiger partial charge on any atom is -0.508 e. The third kappa shape index (κ3) is 2.93. The molecule has 1 heterocycles. The Labute approximate surface area is 111 Å². The van der Waals surface area contributed by atoms with Crippen molar-refractivity contribution >= 4 is 5.91 Å². The lowest BCUT2D eigenvalue weighted by Gasteiger charge is -2.07. The molecule has 5 heteroatoms. The second-order valence-electron chi connectivity index (χ2n) is 4.60. The van der Waals surface area contributed by atoms with Crippen LogP contribution in [-0.4, -0.2) is 20.8 Å². The summed E-state index contributed by atoms with van der Waals surface area (Å²) in [6.45, 7) is 4.15. The Morgan fingerprint density at radius 1 is 1.42 bits per heavy atom. The highest BCUT2D eigenvalue weighted by Crippen LogP contribution is 2.15. The van der Waals surface area contributed by atoms with Gasteiger partial charge in [0.2, 0.25) is 0 Å². The van der Waals surface area contributed by atoms with Crippen LogP contribution in [0.25, 0.3) is 0 Å². The smallest absolute Gasteiger partial charge is 0.251 e. The van der Waals surface area contributed by atoms with Gasteiger partial charge in [-0.2, -0.15) is 5.10 Å². The van der Waals surface area contributed by atoms with Crippen molar-refractivity contribution in [3.8, 4) is 5.75 Å². The van der Waals surface area contributed by atoms with Gasteiger partial charge >= 0.3 is 0 Å². The second kappa shape index (κ2) is 5.14. The number of nitrogens with one attached hydrogen (secondary N) is 1. The number of aryl methyl sites for hydroxylation is 3. The molecule has 0 radical (unpaired) electrons. The summed E-state index contributed by atoms with van der Waals surface area (Å²) < 4.78 is 1.72. The number of rotatable bonds is 3. The van der Waals surface area contributed by atoms with E-state index < -0.39 is 0 Å². The minimum atomic E-state index is -0.152. The number of nitrogens with zero attached hydrogens (tertiary/aromatic N) is 2. The monoisotopic (exact) mass is 259 g/mol. The first-order valence-corrected chi connectivity index (χ1v) is 6.04. The average molecular weight is 259 g/mol. The van der Waals surface area contributed by atoms with Crippen molar-refractivity contribution in [1.82, 2.24) is 15.1 Å². The van der Waals surface area contributed by atoms with Gasteiger partial charge in [-0.15, -0.1) is 0 Å². The van der Waals surface area contributed by atoms with Gasteiger partial charge in [0.05, 0.1) is 5.69 Å². The highest BCUT2D eigenvalue weighted by Gasteiger charge is 2.10. The van der Waals surface area contributed by atoms with E-state index in [9.17, 15) is 9.90 Å². The van der Waals surface area contributed by atoms with E-state index in [4.69, 9.17) is 0 Å². The van der Waals surface area contributed by atoms with Gasteiger partial charge in [0, 0.05) is 30.9 Å². The number of phenols is 1. The summed E-state index contributed by atoms with van der Waals surface area (Å²) in [5.41, 5.74) is 3.22. The third-order valence-corrected chi connectivity index (χ3v) is 3.01. The summed E-state index contributed by atoms with van der Waals surface area (Å²) in [6.07, 6.45) is 1.89. The summed E-state index contributed by atoms with van der Waals surface area (Å²) in [4.78, 5) is 12.0. The van der Waals surface area contributed by atoms with E-state index in [1.165, 1.54) is 6.07 Å². The fraction of sp³-hybridized carbons (Fsp3) is 0.286. The molecule has 0 fully saturated rings. The number of carbonyl (C=O) groups is 1. The molecule has 19 heavy (non-hydrogen) atoms. The summed E-state index contributed by atoms with van der Waals surface area (Å²) in [5.74, 6) is 0.0120. The van der Waals surface area contributed by atoms with E-state index in [0.717, 1.165) is 16.8 Å². The third-order valence-electron chi connectivity index (χ3n) is 3.01. The molecule has 1 amide bonds. The fourth-order valence-corrected chi connectivity index (χ4v) is 2.00.